The van der Waals surface area contributed by atoms with Crippen LogP contribution in [0.15, 0.2) is 24.3 Å². The van der Waals surface area contributed by atoms with Crippen molar-refractivity contribution >= 4 is 11.6 Å². The molecule has 17 heavy (non-hydrogen) atoms. The lowest BCUT2D eigenvalue weighted by molar-refractivity contribution is 0.320. The first-order valence-electron chi connectivity index (χ1n) is 6.53. The molecular formula is C14H19ClN2. The minimum absolute atomic E-state index is 0.699. The number of hydrogen-bond acceptors (Lipinski definition) is 2. The third-order valence-corrected chi connectivity index (χ3v) is 4.04. The van der Waals surface area contributed by atoms with Crippen molar-refractivity contribution in [2.75, 3.05) is 13.1 Å². The Morgan fingerprint density at radius 2 is 2.00 bits per heavy atom. The van der Waals surface area contributed by atoms with Crippen LogP contribution in [0.25, 0.3) is 0 Å². The van der Waals surface area contributed by atoms with Gasteiger partial charge in [0.25, 0.3) is 0 Å². The highest BCUT2D eigenvalue weighted by Crippen LogP contribution is 2.23. The molecule has 0 bridgehead atoms. The van der Waals surface area contributed by atoms with Crippen molar-refractivity contribution in [1.82, 2.24) is 10.2 Å². The summed E-state index contributed by atoms with van der Waals surface area (Å²) < 4.78 is 0. The summed E-state index contributed by atoms with van der Waals surface area (Å²) in [6, 6.07) is 9.69. The molecule has 1 aliphatic carbocycles. The number of likely N-dealkylation sites (tertiary alicyclic amines) is 1. The Balaban J connectivity index is 1.54. The van der Waals surface area contributed by atoms with Gasteiger partial charge in [-0.1, -0.05) is 29.8 Å². The van der Waals surface area contributed by atoms with E-state index in [0.29, 0.717) is 6.04 Å². The summed E-state index contributed by atoms with van der Waals surface area (Å²) in [5.41, 5.74) is 1.25. The van der Waals surface area contributed by atoms with Crippen molar-refractivity contribution in [2.24, 2.45) is 0 Å². The molecule has 1 heterocycles. The minimum Gasteiger partial charge on any atom is -0.310 e. The van der Waals surface area contributed by atoms with Gasteiger partial charge < -0.3 is 5.32 Å². The Morgan fingerprint density at radius 1 is 1.18 bits per heavy atom. The largest absolute Gasteiger partial charge is 0.310 e. The predicted molar refractivity (Wildman–Crippen MR) is 71.3 cm³/mol. The summed E-state index contributed by atoms with van der Waals surface area (Å²) in [5.74, 6) is 0. The van der Waals surface area contributed by atoms with Gasteiger partial charge in [-0.15, -0.1) is 0 Å². The van der Waals surface area contributed by atoms with E-state index >= 15 is 0 Å². The topological polar surface area (TPSA) is 15.3 Å². The first kappa shape index (κ1) is 11.5. The summed E-state index contributed by atoms with van der Waals surface area (Å²) in [5, 5.41) is 4.60. The molecule has 0 spiro atoms. The van der Waals surface area contributed by atoms with E-state index in [9.17, 15) is 0 Å². The van der Waals surface area contributed by atoms with Gasteiger partial charge in [-0.25, -0.2) is 0 Å². The maximum atomic E-state index is 6.19. The van der Waals surface area contributed by atoms with E-state index in [2.05, 4.69) is 22.3 Å². The van der Waals surface area contributed by atoms with Crippen LogP contribution in [0.1, 0.15) is 24.8 Å². The SMILES string of the molecule is Clc1ccccc1CN1CCC(NC2CC2)C1. The van der Waals surface area contributed by atoms with Crippen molar-refractivity contribution in [3.8, 4) is 0 Å². The molecule has 2 aliphatic rings. The standard InChI is InChI=1S/C14H19ClN2/c15-14-4-2-1-3-11(14)9-17-8-7-13(10-17)16-12-5-6-12/h1-4,12-13,16H,5-10H2. The van der Waals surface area contributed by atoms with Crippen LogP contribution in [0.3, 0.4) is 0 Å². The second kappa shape index (κ2) is 4.97. The first-order chi connectivity index (χ1) is 8.31. The minimum atomic E-state index is 0.699. The highest BCUT2D eigenvalue weighted by molar-refractivity contribution is 6.31. The van der Waals surface area contributed by atoms with Crippen molar-refractivity contribution in [2.45, 2.75) is 37.9 Å². The van der Waals surface area contributed by atoms with Crippen molar-refractivity contribution < 1.29 is 0 Å². The summed E-state index contributed by atoms with van der Waals surface area (Å²) in [6.45, 7) is 3.35. The smallest absolute Gasteiger partial charge is 0.0451 e. The molecule has 1 saturated heterocycles. The van der Waals surface area contributed by atoms with E-state index in [0.717, 1.165) is 17.6 Å². The average molecular weight is 251 g/mol. The summed E-state index contributed by atoms with van der Waals surface area (Å²) in [7, 11) is 0. The Morgan fingerprint density at radius 3 is 2.76 bits per heavy atom. The lowest BCUT2D eigenvalue weighted by Gasteiger charge is -2.17. The predicted octanol–water partition coefficient (Wildman–Crippen LogP) is 2.67. The average Bonchev–Trinajstić information content (AvgIpc) is 3.02. The van der Waals surface area contributed by atoms with Gasteiger partial charge in [0.15, 0.2) is 0 Å². The van der Waals surface area contributed by atoms with Gasteiger partial charge in [0.1, 0.15) is 0 Å². The highest BCUT2D eigenvalue weighted by Gasteiger charge is 2.29. The number of rotatable bonds is 4. The van der Waals surface area contributed by atoms with Crippen molar-refractivity contribution in [3.05, 3.63) is 34.9 Å². The van der Waals surface area contributed by atoms with Gasteiger partial charge in [-0.05, 0) is 30.9 Å². The zero-order chi connectivity index (χ0) is 11.7. The third kappa shape index (κ3) is 3.01. The molecule has 3 rings (SSSR count). The van der Waals surface area contributed by atoms with Crippen LogP contribution in [0.2, 0.25) is 5.02 Å². The zero-order valence-corrected chi connectivity index (χ0v) is 10.8. The fraction of sp³-hybridized carbons (Fsp3) is 0.571. The van der Waals surface area contributed by atoms with E-state index in [-0.39, 0.29) is 0 Å². The molecule has 92 valence electrons. The van der Waals surface area contributed by atoms with E-state index in [1.54, 1.807) is 0 Å². The maximum absolute atomic E-state index is 6.19. The van der Waals surface area contributed by atoms with E-state index < -0.39 is 0 Å². The molecule has 2 nitrogen and oxygen atoms in total. The summed E-state index contributed by atoms with van der Waals surface area (Å²) in [4.78, 5) is 2.50. The molecule has 3 heteroatoms. The van der Waals surface area contributed by atoms with Crippen LogP contribution in [-0.2, 0) is 6.54 Å². The van der Waals surface area contributed by atoms with Gasteiger partial charge in [0, 0.05) is 36.7 Å². The van der Waals surface area contributed by atoms with E-state index in [4.69, 9.17) is 11.6 Å². The fourth-order valence-electron chi connectivity index (χ4n) is 2.56. The lowest BCUT2D eigenvalue weighted by Crippen LogP contribution is -2.33. The third-order valence-electron chi connectivity index (χ3n) is 3.67. The molecule has 1 aromatic rings. The van der Waals surface area contributed by atoms with Gasteiger partial charge in [-0.2, -0.15) is 0 Å². The quantitative estimate of drug-likeness (QED) is 0.884. The summed E-state index contributed by atoms with van der Waals surface area (Å²) >= 11 is 6.19. The molecule has 0 aromatic heterocycles. The van der Waals surface area contributed by atoms with Gasteiger partial charge in [0.05, 0.1) is 0 Å². The van der Waals surface area contributed by atoms with Crippen LogP contribution in [-0.4, -0.2) is 30.1 Å². The molecule has 1 aliphatic heterocycles. The van der Waals surface area contributed by atoms with Crippen LogP contribution >= 0.6 is 11.6 Å². The van der Waals surface area contributed by atoms with E-state index in [1.165, 1.54) is 37.9 Å². The Hall–Kier alpha value is -0.570. The normalized spacial score (nSPS) is 25.4. The van der Waals surface area contributed by atoms with Gasteiger partial charge >= 0.3 is 0 Å². The van der Waals surface area contributed by atoms with E-state index in [1.807, 2.05) is 12.1 Å². The van der Waals surface area contributed by atoms with Gasteiger partial charge in [-0.3, -0.25) is 4.90 Å². The van der Waals surface area contributed by atoms with Crippen LogP contribution in [0, 0.1) is 0 Å². The van der Waals surface area contributed by atoms with Crippen LogP contribution in [0.5, 0.6) is 0 Å². The van der Waals surface area contributed by atoms with Gasteiger partial charge in [0.2, 0.25) is 0 Å². The molecule has 0 radical (unpaired) electrons. The molecule has 1 unspecified atom stereocenters. The van der Waals surface area contributed by atoms with Crippen LogP contribution in [0.4, 0.5) is 0 Å². The molecule has 1 aromatic carbocycles. The van der Waals surface area contributed by atoms with Crippen molar-refractivity contribution in [3.63, 3.8) is 0 Å². The Kier molecular flexibility index (Phi) is 3.37. The molecule has 2 fully saturated rings. The highest BCUT2D eigenvalue weighted by atomic mass is 35.5. The molecular weight excluding hydrogens is 232 g/mol. The lowest BCUT2D eigenvalue weighted by atomic mass is 10.2. The Labute approximate surface area is 108 Å². The molecule has 1 N–H and O–H groups in total. The number of nitrogens with one attached hydrogen (secondary N) is 1. The van der Waals surface area contributed by atoms with Crippen LogP contribution < -0.4 is 5.32 Å². The summed E-state index contributed by atoms with van der Waals surface area (Å²) in [6.07, 6.45) is 4.03. The monoisotopic (exact) mass is 250 g/mol. The molecule has 1 atom stereocenters. The number of halogens is 1. The molecule has 0 amide bonds. The maximum Gasteiger partial charge on any atom is 0.0451 e. The second-order valence-corrected chi connectivity index (χ2v) is 5.66. The van der Waals surface area contributed by atoms with Crippen molar-refractivity contribution in [1.29, 1.82) is 0 Å². The number of benzene rings is 1. The fourth-order valence-corrected chi connectivity index (χ4v) is 2.76. The zero-order valence-electron chi connectivity index (χ0n) is 10.0. The number of hydrogen-bond donors (Lipinski definition) is 1. The molecule has 1 saturated carbocycles. The number of nitrogens with zero attached hydrogens (tertiary/aromatic N) is 1. The Bertz CT molecular complexity index is 390. The second-order valence-electron chi connectivity index (χ2n) is 5.25. The first-order valence-corrected chi connectivity index (χ1v) is 6.91.